The number of aryl methyl sites for hydroxylation is 2. The molecule has 0 fully saturated rings. The van der Waals surface area contributed by atoms with E-state index in [0.29, 0.717) is 23.0 Å². The molecule has 0 spiro atoms. The monoisotopic (exact) mass is 398 g/mol. The summed E-state index contributed by atoms with van der Waals surface area (Å²) in [7, 11) is 1.49. The van der Waals surface area contributed by atoms with Crippen LogP contribution in [-0.2, 0) is 16.1 Å². The van der Waals surface area contributed by atoms with Crippen LogP contribution in [0.25, 0.3) is 0 Å². The summed E-state index contributed by atoms with van der Waals surface area (Å²) in [6, 6.07) is 10.4. The van der Waals surface area contributed by atoms with Gasteiger partial charge in [-0.1, -0.05) is 57.8 Å². The Morgan fingerprint density at radius 3 is 2.11 bits per heavy atom. The molecule has 0 aliphatic rings. The van der Waals surface area contributed by atoms with Crippen LogP contribution in [-0.4, -0.2) is 13.9 Å². The molecule has 0 aliphatic carbocycles. The van der Waals surface area contributed by atoms with Gasteiger partial charge in [0.2, 0.25) is 0 Å². The Balaban J connectivity index is 2.52. The molecule has 2 unspecified atom stereocenters. The third kappa shape index (κ3) is 5.24. The Morgan fingerprint density at radius 2 is 1.56 bits per heavy atom. The first kappa shape index (κ1) is 21.7. The van der Waals surface area contributed by atoms with Crippen LogP contribution in [0.3, 0.4) is 0 Å². The van der Waals surface area contributed by atoms with E-state index in [9.17, 15) is 13.2 Å². The molecule has 0 radical (unpaired) electrons. The molecule has 0 aliphatic heterocycles. The van der Waals surface area contributed by atoms with Crippen molar-refractivity contribution in [2.75, 3.05) is 13.9 Å². The van der Waals surface area contributed by atoms with Gasteiger partial charge in [0.25, 0.3) is 0 Å². The van der Waals surface area contributed by atoms with E-state index in [1.807, 2.05) is 39.0 Å². The second-order valence-corrected chi connectivity index (χ2v) is 8.80. The molecule has 2 atom stereocenters. The molecule has 27 heavy (non-hydrogen) atoms. The van der Waals surface area contributed by atoms with Crippen molar-refractivity contribution in [1.82, 2.24) is 0 Å². The van der Waals surface area contributed by atoms with Gasteiger partial charge in [0, 0.05) is 17.8 Å². The van der Waals surface area contributed by atoms with Gasteiger partial charge in [-0.05, 0) is 37.7 Å². The summed E-state index contributed by atoms with van der Waals surface area (Å²) in [6.45, 7) is 7.74. The van der Waals surface area contributed by atoms with Crippen LogP contribution in [0.4, 0.5) is 13.2 Å². The van der Waals surface area contributed by atoms with Crippen molar-refractivity contribution < 1.29 is 22.6 Å². The van der Waals surface area contributed by atoms with Gasteiger partial charge < -0.3 is 9.47 Å². The summed E-state index contributed by atoms with van der Waals surface area (Å²) in [4.78, 5) is 0. The molecule has 2 nitrogen and oxygen atoms in total. The van der Waals surface area contributed by atoms with Gasteiger partial charge in [-0.3, -0.25) is 0 Å². The first-order chi connectivity index (χ1) is 12.6. The number of methoxy groups -OCH3 is 1. The molecule has 2 rings (SSSR count). The molecule has 0 N–H and O–H groups in total. The van der Waals surface area contributed by atoms with Crippen LogP contribution in [0.1, 0.15) is 42.5 Å². The quantitative estimate of drug-likeness (QED) is 0.425. The molecule has 0 amide bonds. The third-order valence-corrected chi connectivity index (χ3v) is 6.54. The van der Waals surface area contributed by atoms with Gasteiger partial charge in [-0.15, -0.1) is 0 Å². The van der Waals surface area contributed by atoms with E-state index in [0.717, 1.165) is 11.1 Å². The predicted octanol–water partition coefficient (Wildman–Crippen LogP) is 5.93. The highest BCUT2D eigenvalue weighted by Gasteiger charge is 2.36. The van der Waals surface area contributed by atoms with Crippen LogP contribution in [0.2, 0.25) is 0 Å². The van der Waals surface area contributed by atoms with Crippen molar-refractivity contribution in [1.29, 1.82) is 0 Å². The van der Waals surface area contributed by atoms with Gasteiger partial charge in [-0.25, -0.2) is 0 Å². The van der Waals surface area contributed by atoms with Crippen LogP contribution in [0.5, 0.6) is 5.75 Å². The summed E-state index contributed by atoms with van der Waals surface area (Å²) in [5, 5.41) is -0.152. The molecule has 2 aromatic carbocycles. The van der Waals surface area contributed by atoms with E-state index in [2.05, 4.69) is 0 Å². The molecule has 0 heterocycles. The van der Waals surface area contributed by atoms with Crippen molar-refractivity contribution >= 4 is 13.9 Å². The lowest BCUT2D eigenvalue weighted by Crippen LogP contribution is -2.24. The Bertz CT molecular complexity index is 789. The number of halogens is 3. The van der Waals surface area contributed by atoms with Gasteiger partial charge >= 0.3 is 6.18 Å². The van der Waals surface area contributed by atoms with Gasteiger partial charge in [-0.2, -0.15) is 13.2 Å². The number of ether oxygens (including phenoxy) is 2. The van der Waals surface area contributed by atoms with Crippen molar-refractivity contribution in [3.05, 3.63) is 58.7 Å². The van der Waals surface area contributed by atoms with E-state index in [1.54, 1.807) is 19.1 Å². The molecule has 0 saturated heterocycles. The lowest BCUT2D eigenvalue weighted by Gasteiger charge is -2.32. The normalized spacial score (nSPS) is 14.5. The Hall–Kier alpha value is -1.58. The lowest BCUT2D eigenvalue weighted by atomic mass is 9.95. The highest BCUT2D eigenvalue weighted by atomic mass is 31.1. The number of alkyl halides is 3. The fraction of sp³-hybridized carbons (Fsp3) is 0.429. The fourth-order valence-electron chi connectivity index (χ4n) is 2.97. The van der Waals surface area contributed by atoms with E-state index < -0.39 is 16.9 Å². The first-order valence-electron chi connectivity index (χ1n) is 8.79. The Morgan fingerprint density at radius 1 is 0.963 bits per heavy atom. The minimum Gasteiger partial charge on any atom is -0.467 e. The van der Waals surface area contributed by atoms with Crippen molar-refractivity contribution in [2.45, 2.75) is 45.4 Å². The SMILES string of the molecule is CCC(C)(Pc1ccc(C)cc1C(F)(F)F)c1cc(C)ccc1OCOC. The summed E-state index contributed by atoms with van der Waals surface area (Å²) >= 11 is 0. The zero-order valence-electron chi connectivity index (χ0n) is 16.3. The second-order valence-electron chi connectivity index (χ2n) is 6.91. The Kier molecular flexibility index (Phi) is 6.93. The number of rotatable bonds is 7. The maximum absolute atomic E-state index is 13.6. The number of benzene rings is 2. The fourth-order valence-corrected chi connectivity index (χ4v) is 4.58. The maximum Gasteiger partial charge on any atom is 0.417 e. The third-order valence-electron chi connectivity index (χ3n) is 4.66. The van der Waals surface area contributed by atoms with Gasteiger partial charge in [0.05, 0.1) is 5.56 Å². The number of hydrogen-bond donors (Lipinski definition) is 0. The van der Waals surface area contributed by atoms with Crippen molar-refractivity contribution in [3.8, 4) is 5.75 Å². The maximum atomic E-state index is 13.6. The van der Waals surface area contributed by atoms with Crippen LogP contribution >= 0.6 is 8.58 Å². The van der Waals surface area contributed by atoms with E-state index >= 15 is 0 Å². The highest BCUT2D eigenvalue weighted by Crippen LogP contribution is 2.49. The van der Waals surface area contributed by atoms with Gasteiger partial charge in [0.1, 0.15) is 5.75 Å². The zero-order chi connectivity index (χ0) is 20.2. The largest absolute Gasteiger partial charge is 0.467 e. The minimum absolute atomic E-state index is 0.0483. The average Bonchev–Trinajstić information content (AvgIpc) is 2.61. The molecule has 6 heteroatoms. The number of hydrogen-bond acceptors (Lipinski definition) is 2. The molecule has 148 valence electrons. The lowest BCUT2D eigenvalue weighted by molar-refractivity contribution is -0.136. The minimum atomic E-state index is -4.37. The van der Waals surface area contributed by atoms with E-state index in [-0.39, 0.29) is 15.4 Å². The van der Waals surface area contributed by atoms with Crippen molar-refractivity contribution in [2.24, 2.45) is 0 Å². The van der Waals surface area contributed by atoms with E-state index in [1.165, 1.54) is 13.2 Å². The first-order valence-corrected chi connectivity index (χ1v) is 9.79. The Labute approximate surface area is 160 Å². The second kappa shape index (κ2) is 8.62. The van der Waals surface area contributed by atoms with Crippen molar-refractivity contribution in [3.63, 3.8) is 0 Å². The average molecular weight is 398 g/mol. The summed E-state index contributed by atoms with van der Waals surface area (Å²) in [5.74, 6) is 0.653. The van der Waals surface area contributed by atoms with Crippen LogP contribution < -0.4 is 10.0 Å². The summed E-state index contributed by atoms with van der Waals surface area (Å²) in [5.41, 5.74) is 2.01. The molecule has 0 aromatic heterocycles. The van der Waals surface area contributed by atoms with E-state index in [4.69, 9.17) is 9.47 Å². The topological polar surface area (TPSA) is 18.5 Å². The highest BCUT2D eigenvalue weighted by molar-refractivity contribution is 7.48. The van der Waals surface area contributed by atoms with Crippen LogP contribution in [0.15, 0.2) is 36.4 Å². The molecule has 0 saturated carbocycles. The smallest absolute Gasteiger partial charge is 0.417 e. The summed E-state index contributed by atoms with van der Waals surface area (Å²) < 4.78 is 51.5. The summed E-state index contributed by atoms with van der Waals surface area (Å²) in [6.07, 6.45) is -3.69. The van der Waals surface area contributed by atoms with Gasteiger partial charge in [0.15, 0.2) is 6.79 Å². The standard InChI is InChI=1S/C21H26F3O2P/c1-6-20(4,16-11-14(2)7-9-18(16)26-13-25-5)27-19-10-8-15(3)12-17(19)21(22,23)24/h7-12,27H,6,13H2,1-5H3. The molecule has 2 aromatic rings. The predicted molar refractivity (Wildman–Crippen MR) is 105 cm³/mol. The molecule has 0 bridgehead atoms. The molecular weight excluding hydrogens is 372 g/mol. The molecular formula is C21H26F3O2P. The zero-order valence-corrected chi connectivity index (χ0v) is 17.3. The van der Waals surface area contributed by atoms with Crippen LogP contribution in [0, 0.1) is 13.8 Å².